The number of allylic oxidation sites excluding steroid dienone is 5. The smallest absolute Gasteiger partial charge is 0.251 e. The lowest BCUT2D eigenvalue weighted by Gasteiger charge is -2.25. The minimum atomic E-state index is -0.0360. The maximum atomic E-state index is 12.6. The zero-order valence-corrected chi connectivity index (χ0v) is 20.3. The molecule has 0 radical (unpaired) electrons. The van der Waals surface area contributed by atoms with Crippen molar-refractivity contribution >= 4 is 28.4 Å². The summed E-state index contributed by atoms with van der Waals surface area (Å²) in [6, 6.07) is 5.82. The first-order valence-electron chi connectivity index (χ1n) is 12.6. The number of rotatable bonds is 7. The Hall–Kier alpha value is -3.15. The lowest BCUT2D eigenvalue weighted by Crippen LogP contribution is -2.32. The summed E-state index contributed by atoms with van der Waals surface area (Å²) in [4.78, 5) is 33.2. The van der Waals surface area contributed by atoms with Crippen molar-refractivity contribution < 1.29 is 9.59 Å². The SMILES string of the molecule is C=C/C(=C\C=C(/C)NC(=O)C1CCC(C)CC1)c1nc2ccc(C(=O)NC3CCCC3)cc2[nH]1. The van der Waals surface area contributed by atoms with Gasteiger partial charge in [0, 0.05) is 28.8 Å². The van der Waals surface area contributed by atoms with Crippen LogP contribution in [0.4, 0.5) is 0 Å². The van der Waals surface area contributed by atoms with Crippen LogP contribution < -0.4 is 10.6 Å². The number of fused-ring (bicyclic) bond motifs is 1. The molecule has 2 aliphatic rings. The Morgan fingerprint density at radius 3 is 2.53 bits per heavy atom. The minimum absolute atomic E-state index is 0.0360. The van der Waals surface area contributed by atoms with Crippen molar-refractivity contribution in [2.24, 2.45) is 11.8 Å². The van der Waals surface area contributed by atoms with Crippen molar-refractivity contribution in [1.29, 1.82) is 0 Å². The van der Waals surface area contributed by atoms with E-state index in [4.69, 9.17) is 0 Å². The summed E-state index contributed by atoms with van der Waals surface area (Å²) in [7, 11) is 0. The number of imidazole rings is 1. The standard InChI is InChI=1S/C28H36N4O2/c1-4-20(14-11-19(3)29-27(33)21-12-9-18(2)10-13-21)26-31-24-16-15-22(17-25(24)32-26)28(34)30-23-7-5-6-8-23/h4,11,14-18,21,23H,1,5-10,12-13H2,2-3H3,(H,29,33)(H,30,34)(H,31,32)/b19-11+,20-14+. The molecule has 34 heavy (non-hydrogen) atoms. The number of nitrogens with one attached hydrogen (secondary N) is 3. The van der Waals surface area contributed by atoms with Gasteiger partial charge in [-0.25, -0.2) is 4.98 Å². The van der Waals surface area contributed by atoms with Crippen LogP contribution in [0.5, 0.6) is 0 Å². The van der Waals surface area contributed by atoms with Crippen molar-refractivity contribution in [3.63, 3.8) is 0 Å². The molecule has 2 saturated carbocycles. The molecule has 1 heterocycles. The number of hydrogen-bond donors (Lipinski definition) is 3. The fourth-order valence-corrected chi connectivity index (χ4v) is 4.95. The summed E-state index contributed by atoms with van der Waals surface area (Å²) in [6.07, 6.45) is 14.2. The van der Waals surface area contributed by atoms with Crippen molar-refractivity contribution in [1.82, 2.24) is 20.6 Å². The zero-order valence-electron chi connectivity index (χ0n) is 20.3. The third-order valence-electron chi connectivity index (χ3n) is 7.15. The zero-order chi connectivity index (χ0) is 24.1. The second-order valence-electron chi connectivity index (χ2n) is 9.89. The van der Waals surface area contributed by atoms with Gasteiger partial charge in [0.1, 0.15) is 5.82 Å². The third kappa shape index (κ3) is 5.85. The molecule has 2 aromatic rings. The van der Waals surface area contributed by atoms with E-state index in [1.54, 1.807) is 6.08 Å². The molecule has 2 aliphatic carbocycles. The molecule has 6 nitrogen and oxygen atoms in total. The molecule has 0 bridgehead atoms. The van der Waals surface area contributed by atoms with Crippen molar-refractivity contribution in [3.05, 3.63) is 60.1 Å². The largest absolute Gasteiger partial charge is 0.349 e. The number of carbonyl (C=O) groups is 2. The minimum Gasteiger partial charge on any atom is -0.349 e. The van der Waals surface area contributed by atoms with Crippen LogP contribution in [0, 0.1) is 11.8 Å². The Morgan fingerprint density at radius 2 is 1.82 bits per heavy atom. The predicted molar refractivity (Wildman–Crippen MR) is 137 cm³/mol. The van der Waals surface area contributed by atoms with Crippen LogP contribution in [0.15, 0.2) is 48.7 Å². The molecule has 2 amide bonds. The van der Waals surface area contributed by atoms with Crippen molar-refractivity contribution in [2.45, 2.75) is 71.3 Å². The van der Waals surface area contributed by atoms with Gasteiger partial charge in [0.2, 0.25) is 5.91 Å². The van der Waals surface area contributed by atoms with E-state index in [9.17, 15) is 9.59 Å². The summed E-state index contributed by atoms with van der Waals surface area (Å²) >= 11 is 0. The monoisotopic (exact) mass is 460 g/mol. The fraction of sp³-hybridized carbons (Fsp3) is 0.464. The average Bonchev–Trinajstić information content (AvgIpc) is 3.49. The lowest BCUT2D eigenvalue weighted by atomic mass is 9.82. The van der Waals surface area contributed by atoms with E-state index >= 15 is 0 Å². The second-order valence-corrected chi connectivity index (χ2v) is 9.89. The van der Waals surface area contributed by atoms with Gasteiger partial charge in [0.15, 0.2) is 0 Å². The molecule has 2 fully saturated rings. The van der Waals surface area contributed by atoms with E-state index in [1.165, 1.54) is 12.8 Å². The van der Waals surface area contributed by atoms with Gasteiger partial charge in [0.05, 0.1) is 11.0 Å². The number of amides is 2. The topological polar surface area (TPSA) is 86.9 Å². The van der Waals surface area contributed by atoms with E-state index in [0.717, 1.165) is 66.7 Å². The summed E-state index contributed by atoms with van der Waals surface area (Å²) in [5.41, 5.74) is 3.84. The molecule has 0 aliphatic heterocycles. The average molecular weight is 461 g/mol. The number of benzene rings is 1. The maximum Gasteiger partial charge on any atom is 0.251 e. The number of aromatic amines is 1. The van der Waals surface area contributed by atoms with E-state index in [2.05, 4.69) is 34.1 Å². The lowest BCUT2D eigenvalue weighted by molar-refractivity contribution is -0.125. The van der Waals surface area contributed by atoms with Crippen LogP contribution in [-0.4, -0.2) is 27.8 Å². The van der Waals surface area contributed by atoms with E-state index in [0.29, 0.717) is 11.4 Å². The van der Waals surface area contributed by atoms with E-state index < -0.39 is 0 Å². The van der Waals surface area contributed by atoms with Gasteiger partial charge in [-0.05, 0) is 81.7 Å². The summed E-state index contributed by atoms with van der Waals surface area (Å²) in [5, 5.41) is 6.17. The fourth-order valence-electron chi connectivity index (χ4n) is 4.95. The van der Waals surface area contributed by atoms with Crippen LogP contribution in [-0.2, 0) is 4.79 Å². The normalized spacial score (nSPS) is 22.1. The first kappa shape index (κ1) is 24.0. The molecule has 4 rings (SSSR count). The quantitative estimate of drug-likeness (QED) is 0.467. The van der Waals surface area contributed by atoms with E-state index in [-0.39, 0.29) is 23.8 Å². The molecule has 0 atom stereocenters. The predicted octanol–water partition coefficient (Wildman–Crippen LogP) is 5.65. The first-order chi connectivity index (χ1) is 16.4. The molecule has 1 aromatic heterocycles. The van der Waals surface area contributed by atoms with Crippen molar-refractivity contribution in [2.75, 3.05) is 0 Å². The maximum absolute atomic E-state index is 12.6. The van der Waals surface area contributed by atoms with Gasteiger partial charge in [-0.1, -0.05) is 32.4 Å². The number of hydrogen-bond acceptors (Lipinski definition) is 3. The van der Waals surface area contributed by atoms with Gasteiger partial charge in [-0.2, -0.15) is 0 Å². The molecule has 0 spiro atoms. The Labute approximate surface area is 202 Å². The van der Waals surface area contributed by atoms with Crippen molar-refractivity contribution in [3.8, 4) is 0 Å². The molecular weight excluding hydrogens is 424 g/mol. The highest BCUT2D eigenvalue weighted by Gasteiger charge is 2.24. The summed E-state index contributed by atoms with van der Waals surface area (Å²) in [5.74, 6) is 1.58. The first-order valence-corrected chi connectivity index (χ1v) is 12.6. The highest BCUT2D eigenvalue weighted by molar-refractivity contribution is 5.97. The van der Waals surface area contributed by atoms with Gasteiger partial charge >= 0.3 is 0 Å². The molecule has 0 unspecified atom stereocenters. The van der Waals surface area contributed by atoms with Gasteiger partial charge in [-0.3, -0.25) is 9.59 Å². The molecule has 180 valence electrons. The Balaban J connectivity index is 1.44. The molecule has 3 N–H and O–H groups in total. The molecule has 0 saturated heterocycles. The Bertz CT molecular complexity index is 1110. The molecular formula is C28H36N4O2. The highest BCUT2D eigenvalue weighted by atomic mass is 16.2. The van der Waals surface area contributed by atoms with Crippen LogP contribution in [0.25, 0.3) is 16.6 Å². The second kappa shape index (κ2) is 10.9. The summed E-state index contributed by atoms with van der Waals surface area (Å²) < 4.78 is 0. The van der Waals surface area contributed by atoms with Crippen LogP contribution in [0.1, 0.15) is 81.4 Å². The Morgan fingerprint density at radius 1 is 1.09 bits per heavy atom. The highest BCUT2D eigenvalue weighted by Crippen LogP contribution is 2.28. The number of aromatic nitrogens is 2. The van der Waals surface area contributed by atoms with E-state index in [1.807, 2.05) is 37.3 Å². The van der Waals surface area contributed by atoms with Gasteiger partial charge in [0.25, 0.3) is 5.91 Å². The Kier molecular flexibility index (Phi) is 7.66. The number of H-pyrrole nitrogens is 1. The van der Waals surface area contributed by atoms with Gasteiger partial charge < -0.3 is 15.6 Å². The number of carbonyl (C=O) groups excluding carboxylic acids is 2. The molecule has 1 aromatic carbocycles. The molecule has 6 heteroatoms. The number of nitrogens with zero attached hydrogens (tertiary/aromatic N) is 1. The summed E-state index contributed by atoms with van der Waals surface area (Å²) in [6.45, 7) is 8.07. The van der Waals surface area contributed by atoms with Gasteiger partial charge in [-0.15, -0.1) is 0 Å². The van der Waals surface area contributed by atoms with Crippen LogP contribution in [0.3, 0.4) is 0 Å². The third-order valence-corrected chi connectivity index (χ3v) is 7.15. The van der Waals surface area contributed by atoms with Crippen LogP contribution in [0.2, 0.25) is 0 Å². The van der Waals surface area contributed by atoms with Crippen LogP contribution >= 0.6 is 0 Å².